The van der Waals surface area contributed by atoms with Gasteiger partial charge in [0, 0.05) is 12.8 Å². The number of aliphatic hydroxyl groups is 3. The first-order valence-electron chi connectivity index (χ1n) is 10.2. The number of aliphatic hydroxyl groups excluding tert-OH is 1. The second-order valence-corrected chi connectivity index (χ2v) is 8.17. The van der Waals surface area contributed by atoms with Gasteiger partial charge in [0.05, 0.1) is 12.8 Å². The normalized spacial score (nSPS) is 33.0. The molecule has 2 saturated carbocycles. The molecule has 28 heavy (non-hydrogen) atoms. The molecule has 2 atom stereocenters. The molecule has 154 valence electrons. The smallest absolute Gasteiger partial charge is 0.330 e. The Labute approximate surface area is 163 Å². The van der Waals surface area contributed by atoms with Gasteiger partial charge < -0.3 is 24.1 Å². The number of carbonyl (C=O) groups excluding carboxylic acids is 3. The third-order valence-electron chi connectivity index (χ3n) is 6.09. The second kappa shape index (κ2) is 7.48. The van der Waals surface area contributed by atoms with Crippen LogP contribution in [0.5, 0.6) is 0 Å². The summed E-state index contributed by atoms with van der Waals surface area (Å²) in [5.41, 5.74) is 0. The zero-order valence-corrected chi connectivity index (χ0v) is 15.8. The molecule has 2 aliphatic carbocycles. The minimum atomic E-state index is -1.27. The van der Waals surface area contributed by atoms with Crippen LogP contribution >= 0.6 is 0 Å². The zero-order chi connectivity index (χ0) is 19.8. The van der Waals surface area contributed by atoms with E-state index in [0.717, 1.165) is 38.5 Å². The molecular formula is C20H27O8+. The van der Waals surface area contributed by atoms with Crippen LogP contribution in [0.4, 0.5) is 0 Å². The summed E-state index contributed by atoms with van der Waals surface area (Å²) in [5.74, 6) is -6.35. The highest BCUT2D eigenvalue weighted by Gasteiger charge is 2.53. The highest BCUT2D eigenvalue weighted by molar-refractivity contribution is 5.98. The predicted molar refractivity (Wildman–Crippen MR) is 94.3 cm³/mol. The van der Waals surface area contributed by atoms with Crippen LogP contribution in [-0.2, 0) is 28.6 Å². The van der Waals surface area contributed by atoms with Crippen molar-refractivity contribution in [3.05, 3.63) is 12.2 Å². The Bertz CT molecular complexity index is 652. The van der Waals surface area contributed by atoms with Gasteiger partial charge in [-0.05, 0) is 25.7 Å². The third-order valence-corrected chi connectivity index (χ3v) is 6.09. The van der Waals surface area contributed by atoms with E-state index in [-0.39, 0.29) is 0 Å². The number of carbonyl (C=O) groups is 3. The van der Waals surface area contributed by atoms with E-state index in [1.165, 1.54) is 12.2 Å². The van der Waals surface area contributed by atoms with Gasteiger partial charge >= 0.3 is 23.7 Å². The SMILES string of the molecule is O=C1OC2(CCCCC2)OC(=O)C1C=CC1C(=O)OC2(CCCCC2)[OH+]C1O. The van der Waals surface area contributed by atoms with Gasteiger partial charge in [0.2, 0.25) is 0 Å². The monoisotopic (exact) mass is 395 g/mol. The molecule has 0 amide bonds. The molecule has 0 bridgehead atoms. The van der Waals surface area contributed by atoms with Crippen molar-refractivity contribution in [2.75, 3.05) is 0 Å². The maximum Gasteiger partial charge on any atom is 0.330 e. The fourth-order valence-electron chi connectivity index (χ4n) is 4.53. The minimum Gasteiger partial charge on any atom is -0.422 e. The first-order valence-corrected chi connectivity index (χ1v) is 10.2. The van der Waals surface area contributed by atoms with Crippen LogP contribution in [0.2, 0.25) is 0 Å². The number of hydrogen-bond donors (Lipinski definition) is 1. The summed E-state index contributed by atoms with van der Waals surface area (Å²) in [7, 11) is 0. The van der Waals surface area contributed by atoms with Crippen molar-refractivity contribution in [1.82, 2.24) is 0 Å². The summed E-state index contributed by atoms with van der Waals surface area (Å²) in [6, 6.07) is 0. The van der Waals surface area contributed by atoms with Crippen LogP contribution in [0.15, 0.2) is 12.2 Å². The van der Waals surface area contributed by atoms with Crippen LogP contribution in [0.25, 0.3) is 0 Å². The van der Waals surface area contributed by atoms with Crippen molar-refractivity contribution in [2.24, 2.45) is 11.8 Å². The molecule has 0 aromatic rings. The number of hydrogen-bond acceptors (Lipinski definition) is 7. The van der Waals surface area contributed by atoms with Gasteiger partial charge in [-0.25, -0.2) is 0 Å². The average molecular weight is 395 g/mol. The standard InChI is InChI=1S/C20H26O8/c21-15-13(16(22)26-19(25-15)9-3-1-4-10-19)7-8-14-17(23)27-20(28-18(14)24)11-5-2-6-12-20/h7-8,13-15,21H,1-6,9-12H2/p+1. The van der Waals surface area contributed by atoms with Gasteiger partial charge in [-0.15, -0.1) is 0 Å². The van der Waals surface area contributed by atoms with Crippen LogP contribution < -0.4 is 0 Å². The Morgan fingerprint density at radius 3 is 1.93 bits per heavy atom. The van der Waals surface area contributed by atoms with E-state index in [0.29, 0.717) is 25.7 Å². The molecule has 0 aromatic heterocycles. The lowest BCUT2D eigenvalue weighted by Gasteiger charge is -2.40. The van der Waals surface area contributed by atoms with E-state index in [2.05, 4.69) is 4.74 Å². The van der Waals surface area contributed by atoms with Crippen molar-refractivity contribution in [1.29, 1.82) is 0 Å². The molecule has 0 radical (unpaired) electrons. The van der Waals surface area contributed by atoms with Crippen LogP contribution in [-0.4, -0.2) is 45.6 Å². The van der Waals surface area contributed by atoms with Crippen LogP contribution in [0, 0.1) is 11.8 Å². The second-order valence-electron chi connectivity index (χ2n) is 8.17. The third kappa shape index (κ3) is 3.67. The molecule has 4 aliphatic rings. The maximum absolute atomic E-state index is 12.4. The summed E-state index contributed by atoms with van der Waals surface area (Å²) >= 11 is 0. The van der Waals surface area contributed by atoms with E-state index in [4.69, 9.17) is 14.2 Å². The van der Waals surface area contributed by atoms with Crippen molar-refractivity contribution in [3.8, 4) is 0 Å². The molecule has 2 N–H and O–H groups in total. The van der Waals surface area contributed by atoms with Crippen molar-refractivity contribution in [3.63, 3.8) is 0 Å². The fraction of sp³-hybridized carbons (Fsp3) is 0.750. The van der Waals surface area contributed by atoms with Gasteiger partial charge in [-0.1, -0.05) is 25.0 Å². The van der Waals surface area contributed by atoms with Gasteiger partial charge in [0.25, 0.3) is 12.1 Å². The lowest BCUT2D eigenvalue weighted by molar-refractivity contribution is -0.413. The molecule has 8 heteroatoms. The molecule has 2 heterocycles. The molecule has 4 fully saturated rings. The summed E-state index contributed by atoms with van der Waals surface area (Å²) in [6.45, 7) is 0. The largest absolute Gasteiger partial charge is 0.422 e. The Balaban J connectivity index is 1.42. The van der Waals surface area contributed by atoms with E-state index in [9.17, 15) is 19.5 Å². The Morgan fingerprint density at radius 2 is 1.36 bits per heavy atom. The van der Waals surface area contributed by atoms with Crippen molar-refractivity contribution < 1.29 is 38.4 Å². The van der Waals surface area contributed by atoms with Crippen molar-refractivity contribution in [2.45, 2.75) is 82.1 Å². The van der Waals surface area contributed by atoms with E-state index in [1.807, 2.05) is 0 Å². The average Bonchev–Trinajstić information content (AvgIpc) is 2.64. The fourth-order valence-corrected chi connectivity index (χ4v) is 4.53. The summed E-state index contributed by atoms with van der Waals surface area (Å²) < 4.78 is 20.7. The Hall–Kier alpha value is -1.93. The van der Waals surface area contributed by atoms with Crippen molar-refractivity contribution >= 4 is 17.9 Å². The van der Waals surface area contributed by atoms with Gasteiger partial charge in [0.15, 0.2) is 11.8 Å². The molecular weight excluding hydrogens is 368 g/mol. The topological polar surface area (TPSA) is 112 Å². The number of esters is 3. The molecule has 2 spiro atoms. The lowest BCUT2D eigenvalue weighted by atomic mass is 9.91. The molecule has 0 aromatic carbocycles. The first-order chi connectivity index (χ1) is 13.4. The van der Waals surface area contributed by atoms with Gasteiger partial charge in [-0.2, -0.15) is 0 Å². The van der Waals surface area contributed by atoms with E-state index in [1.54, 1.807) is 0 Å². The molecule has 2 aliphatic heterocycles. The van der Waals surface area contributed by atoms with E-state index < -0.39 is 47.6 Å². The Morgan fingerprint density at radius 1 is 0.786 bits per heavy atom. The minimum absolute atomic E-state index is 0.509. The lowest BCUT2D eigenvalue weighted by Crippen LogP contribution is -2.55. The summed E-state index contributed by atoms with van der Waals surface area (Å²) in [6.07, 6.45) is 9.06. The van der Waals surface area contributed by atoms with Crippen LogP contribution in [0.1, 0.15) is 64.2 Å². The quantitative estimate of drug-likeness (QED) is 0.327. The predicted octanol–water partition coefficient (Wildman–Crippen LogP) is 1.60. The van der Waals surface area contributed by atoms with Crippen LogP contribution in [0.3, 0.4) is 0 Å². The Kier molecular flexibility index (Phi) is 5.18. The van der Waals surface area contributed by atoms with E-state index >= 15 is 0 Å². The van der Waals surface area contributed by atoms with Gasteiger partial charge in [0.1, 0.15) is 0 Å². The van der Waals surface area contributed by atoms with Gasteiger partial charge in [-0.3, -0.25) is 14.4 Å². The molecule has 8 nitrogen and oxygen atoms in total. The molecule has 4 rings (SSSR count). The summed E-state index contributed by atoms with van der Waals surface area (Å²) in [4.78, 5) is 37.2. The summed E-state index contributed by atoms with van der Waals surface area (Å²) in [5, 5.41) is 10.4. The molecule has 2 unspecified atom stereocenters. The highest BCUT2D eigenvalue weighted by atomic mass is 16.8. The number of rotatable bonds is 2. The number of ether oxygens (including phenoxy) is 4. The highest BCUT2D eigenvalue weighted by Crippen LogP contribution is 2.39. The first kappa shape index (κ1) is 19.4. The maximum atomic E-state index is 12.4. The molecule has 2 saturated heterocycles. The zero-order valence-electron chi connectivity index (χ0n) is 15.8.